The molecular formula is C37H63NO4. The van der Waals surface area contributed by atoms with E-state index in [9.17, 15) is 4.79 Å². The molecule has 0 saturated heterocycles. The Kier molecular flexibility index (Phi) is 12.1. The molecule has 4 aliphatic carbocycles. The van der Waals surface area contributed by atoms with E-state index in [0.29, 0.717) is 25.2 Å². The first kappa shape index (κ1) is 33.6. The topological polar surface area (TPSA) is 48.0 Å². The lowest BCUT2D eigenvalue weighted by atomic mass is 9.47. The van der Waals surface area contributed by atoms with Gasteiger partial charge in [0.05, 0.1) is 13.2 Å². The van der Waals surface area contributed by atoms with E-state index in [1.54, 1.807) is 18.8 Å². The lowest BCUT2D eigenvalue weighted by Gasteiger charge is -2.58. The van der Waals surface area contributed by atoms with Gasteiger partial charge in [-0.2, -0.15) is 0 Å². The minimum atomic E-state index is -0.232. The monoisotopic (exact) mass is 585 g/mol. The molecule has 4 aliphatic rings. The molecule has 42 heavy (non-hydrogen) atoms. The lowest BCUT2D eigenvalue weighted by Crippen LogP contribution is -2.51. The minimum absolute atomic E-state index is 0.00900. The zero-order chi connectivity index (χ0) is 30.3. The third-order valence-corrected chi connectivity index (χ3v) is 12.3. The number of carbonyl (C=O) groups is 1. The molecule has 0 bridgehead atoms. The van der Waals surface area contributed by atoms with Crippen molar-refractivity contribution >= 4 is 5.97 Å². The van der Waals surface area contributed by atoms with Crippen LogP contribution in [-0.2, 0) is 19.0 Å². The summed E-state index contributed by atoms with van der Waals surface area (Å²) in [6.07, 6.45) is 20.2. The second kappa shape index (κ2) is 15.1. The van der Waals surface area contributed by atoms with Crippen LogP contribution < -0.4 is 0 Å². The zero-order valence-corrected chi connectivity index (χ0v) is 28.2. The summed E-state index contributed by atoms with van der Waals surface area (Å²) < 4.78 is 16.7. The van der Waals surface area contributed by atoms with E-state index in [0.717, 1.165) is 67.9 Å². The Labute approximate surface area is 258 Å². The van der Waals surface area contributed by atoms with Gasteiger partial charge in [-0.3, -0.25) is 0 Å². The molecule has 0 aromatic heterocycles. The summed E-state index contributed by atoms with van der Waals surface area (Å²) in [5.41, 5.74) is 2.38. The number of hydrogen-bond acceptors (Lipinski definition) is 5. The van der Waals surface area contributed by atoms with Crippen LogP contribution >= 0.6 is 0 Å². The van der Waals surface area contributed by atoms with E-state index in [1.807, 2.05) is 13.1 Å². The summed E-state index contributed by atoms with van der Waals surface area (Å²) in [6, 6.07) is 0. The lowest BCUT2D eigenvalue weighted by molar-refractivity contribution is -0.145. The number of carbonyl (C=O) groups excluding carboxylic acids is 1. The Morgan fingerprint density at radius 1 is 1.05 bits per heavy atom. The third-order valence-electron chi connectivity index (χ3n) is 12.3. The molecule has 8 atom stereocenters. The van der Waals surface area contributed by atoms with Crippen LogP contribution in [0.2, 0.25) is 0 Å². The van der Waals surface area contributed by atoms with Crippen LogP contribution in [0.15, 0.2) is 23.9 Å². The van der Waals surface area contributed by atoms with E-state index in [-0.39, 0.29) is 17.5 Å². The molecule has 0 amide bonds. The molecule has 5 nitrogen and oxygen atoms in total. The number of methoxy groups -OCH3 is 1. The van der Waals surface area contributed by atoms with E-state index in [2.05, 4.69) is 45.6 Å². The first-order valence-electron chi connectivity index (χ1n) is 17.5. The highest BCUT2D eigenvalue weighted by molar-refractivity contribution is 5.82. The first-order valence-corrected chi connectivity index (χ1v) is 17.5. The Balaban J connectivity index is 1.34. The standard InChI is InChI=1S/C37H63NO4/c1-8-41-25-23-38(22-24-40-7)21-18-35(39)42-30-16-19-36(5)29(26-30)12-13-31-33-15-14-32(28(4)11-9-10-27(2)3)37(33,6)20-17-34(31)36/h12,18,21,27-28,30-34H,8-11,13-17,19-20,22-26H2,1-7H3/b21-18+/t28-,30+,31?,32-,33?,34?,36+,37-/m1/s1. The average molecular weight is 586 g/mol. The maximum absolute atomic E-state index is 12.8. The Hall–Kier alpha value is -1.33. The number of allylic oxidation sites excluding steroid dienone is 1. The van der Waals surface area contributed by atoms with Crippen LogP contribution in [0.5, 0.6) is 0 Å². The van der Waals surface area contributed by atoms with Crippen LogP contribution in [-0.4, -0.2) is 57.0 Å². The van der Waals surface area contributed by atoms with Crippen molar-refractivity contribution < 1.29 is 19.0 Å². The van der Waals surface area contributed by atoms with Gasteiger partial charge in [0.2, 0.25) is 0 Å². The van der Waals surface area contributed by atoms with Crippen molar-refractivity contribution in [3.8, 4) is 0 Å². The van der Waals surface area contributed by atoms with E-state index in [4.69, 9.17) is 14.2 Å². The summed E-state index contributed by atoms with van der Waals surface area (Å²) in [5.74, 6) is 4.87. The fourth-order valence-corrected chi connectivity index (χ4v) is 9.92. The molecule has 0 heterocycles. The highest BCUT2D eigenvalue weighted by Gasteiger charge is 2.59. The molecular weight excluding hydrogens is 522 g/mol. The minimum Gasteiger partial charge on any atom is -0.459 e. The van der Waals surface area contributed by atoms with Crippen molar-refractivity contribution in [2.75, 3.05) is 40.0 Å². The number of nitrogens with zero attached hydrogens (tertiary/aromatic N) is 1. The predicted octanol–water partition coefficient (Wildman–Crippen LogP) is 8.44. The quantitative estimate of drug-likeness (QED) is 0.0835. The molecule has 0 aliphatic heterocycles. The van der Waals surface area contributed by atoms with Gasteiger partial charge in [-0.05, 0) is 98.2 Å². The largest absolute Gasteiger partial charge is 0.459 e. The molecule has 0 spiro atoms. The maximum Gasteiger partial charge on any atom is 0.332 e. The summed E-state index contributed by atoms with van der Waals surface area (Å²) in [7, 11) is 1.70. The Morgan fingerprint density at radius 2 is 1.83 bits per heavy atom. The summed E-state index contributed by atoms with van der Waals surface area (Å²) in [4.78, 5) is 14.9. The number of rotatable bonds is 15. The van der Waals surface area contributed by atoms with Crippen LogP contribution in [0, 0.1) is 46.3 Å². The Bertz CT molecular complexity index is 929. The highest BCUT2D eigenvalue weighted by Crippen LogP contribution is 2.67. The van der Waals surface area contributed by atoms with Gasteiger partial charge < -0.3 is 19.1 Å². The molecule has 0 aromatic rings. The van der Waals surface area contributed by atoms with E-state index in [1.165, 1.54) is 51.4 Å². The first-order chi connectivity index (χ1) is 20.1. The van der Waals surface area contributed by atoms with Gasteiger partial charge >= 0.3 is 5.97 Å². The zero-order valence-electron chi connectivity index (χ0n) is 28.2. The SMILES string of the molecule is CCOCCN(/C=C/C(=O)O[C@H]1CC[C@@]2(C)C(=CCC3C2CC[C@@]2(C)C3CC[C@@H]2[C@H](C)CCCC(C)C)C1)CCOC. The van der Waals surface area contributed by atoms with Crippen molar-refractivity contribution in [2.24, 2.45) is 46.3 Å². The normalized spacial score (nSPS) is 35.0. The summed E-state index contributed by atoms with van der Waals surface area (Å²) in [6.45, 7) is 17.9. The molecule has 240 valence electrons. The molecule has 0 radical (unpaired) electrons. The van der Waals surface area contributed by atoms with Gasteiger partial charge in [-0.15, -0.1) is 0 Å². The number of ether oxygens (including phenoxy) is 3. The van der Waals surface area contributed by atoms with Gasteiger partial charge in [0, 0.05) is 45.5 Å². The number of esters is 1. The highest BCUT2D eigenvalue weighted by atomic mass is 16.5. The van der Waals surface area contributed by atoms with Crippen LogP contribution in [0.25, 0.3) is 0 Å². The predicted molar refractivity (Wildman–Crippen MR) is 172 cm³/mol. The molecule has 0 N–H and O–H groups in total. The van der Waals surface area contributed by atoms with Gasteiger partial charge in [0.25, 0.3) is 0 Å². The third kappa shape index (κ3) is 7.65. The van der Waals surface area contributed by atoms with Crippen LogP contribution in [0.3, 0.4) is 0 Å². The van der Waals surface area contributed by atoms with Crippen molar-refractivity contribution in [3.63, 3.8) is 0 Å². The molecule has 3 unspecified atom stereocenters. The van der Waals surface area contributed by atoms with Crippen molar-refractivity contribution in [2.45, 2.75) is 118 Å². The second-order valence-corrected chi connectivity index (χ2v) is 15.1. The van der Waals surface area contributed by atoms with Gasteiger partial charge in [-0.25, -0.2) is 4.79 Å². The van der Waals surface area contributed by atoms with Gasteiger partial charge in [-0.1, -0.05) is 65.5 Å². The Morgan fingerprint density at radius 3 is 2.57 bits per heavy atom. The summed E-state index contributed by atoms with van der Waals surface area (Å²) >= 11 is 0. The fourth-order valence-electron chi connectivity index (χ4n) is 9.92. The van der Waals surface area contributed by atoms with Crippen molar-refractivity contribution in [1.82, 2.24) is 4.90 Å². The molecule has 4 rings (SSSR count). The number of fused-ring (bicyclic) bond motifs is 5. The van der Waals surface area contributed by atoms with Crippen LogP contribution in [0.4, 0.5) is 0 Å². The number of hydrogen-bond donors (Lipinski definition) is 0. The molecule has 5 heteroatoms. The van der Waals surface area contributed by atoms with E-state index < -0.39 is 0 Å². The molecule has 0 aromatic carbocycles. The van der Waals surface area contributed by atoms with Gasteiger partial charge in [0.15, 0.2) is 0 Å². The molecule has 3 saturated carbocycles. The summed E-state index contributed by atoms with van der Waals surface area (Å²) in [5, 5.41) is 0. The van der Waals surface area contributed by atoms with Crippen LogP contribution in [0.1, 0.15) is 112 Å². The molecule has 3 fully saturated rings. The second-order valence-electron chi connectivity index (χ2n) is 15.1. The smallest absolute Gasteiger partial charge is 0.332 e. The van der Waals surface area contributed by atoms with E-state index >= 15 is 0 Å². The van der Waals surface area contributed by atoms with Crippen molar-refractivity contribution in [3.05, 3.63) is 23.9 Å². The van der Waals surface area contributed by atoms with Gasteiger partial charge in [0.1, 0.15) is 6.10 Å². The fraction of sp³-hybridized carbons (Fsp3) is 0.865. The van der Waals surface area contributed by atoms with Crippen molar-refractivity contribution in [1.29, 1.82) is 0 Å². The maximum atomic E-state index is 12.8. The average Bonchev–Trinajstić information content (AvgIpc) is 3.31.